The molecule has 3 nitrogen and oxygen atoms in total. The van der Waals surface area contributed by atoms with Crippen molar-refractivity contribution in [2.24, 2.45) is 0 Å². The van der Waals surface area contributed by atoms with Gasteiger partial charge in [-0.1, -0.05) is 41.7 Å². The summed E-state index contributed by atoms with van der Waals surface area (Å²) in [6.45, 7) is 4.12. The van der Waals surface area contributed by atoms with Gasteiger partial charge >= 0.3 is 0 Å². The van der Waals surface area contributed by atoms with E-state index in [-0.39, 0.29) is 0 Å². The Hall–Kier alpha value is -1.42. The summed E-state index contributed by atoms with van der Waals surface area (Å²) in [5.74, 6) is 0. The molecule has 1 unspecified atom stereocenters. The number of nitrogens with zero attached hydrogens (tertiary/aromatic N) is 2. The van der Waals surface area contributed by atoms with Crippen molar-refractivity contribution in [2.45, 2.75) is 26.3 Å². The number of hydrogen-bond acceptors (Lipinski definition) is 4. The van der Waals surface area contributed by atoms with Gasteiger partial charge < -0.3 is 5.32 Å². The molecule has 0 bridgehead atoms. The molecule has 0 aliphatic carbocycles. The van der Waals surface area contributed by atoms with Crippen molar-refractivity contribution in [1.82, 2.24) is 10.2 Å². The molecule has 0 spiro atoms. The fourth-order valence-electron chi connectivity index (χ4n) is 1.58. The topological polar surface area (TPSA) is 37.8 Å². The molecule has 2 aromatic rings. The van der Waals surface area contributed by atoms with Crippen LogP contribution in [-0.2, 0) is 6.42 Å². The normalized spacial score (nSPS) is 12.4. The third kappa shape index (κ3) is 3.03. The van der Waals surface area contributed by atoms with Gasteiger partial charge in [0.1, 0.15) is 5.01 Å². The van der Waals surface area contributed by atoms with Gasteiger partial charge in [0.25, 0.3) is 0 Å². The Morgan fingerprint density at radius 2 is 2.00 bits per heavy atom. The summed E-state index contributed by atoms with van der Waals surface area (Å²) < 4.78 is 0. The molecule has 2 rings (SSSR count). The molecule has 1 N–H and O–H groups in total. The number of rotatable bonds is 4. The molecule has 0 radical (unpaired) electrons. The summed E-state index contributed by atoms with van der Waals surface area (Å²) >= 11 is 1.59. The van der Waals surface area contributed by atoms with Gasteiger partial charge in [0.15, 0.2) is 0 Å². The van der Waals surface area contributed by atoms with Crippen molar-refractivity contribution in [1.29, 1.82) is 0 Å². The molecule has 0 fully saturated rings. The highest BCUT2D eigenvalue weighted by Crippen LogP contribution is 2.15. The van der Waals surface area contributed by atoms with Crippen LogP contribution in [0.2, 0.25) is 0 Å². The second-order valence-electron chi connectivity index (χ2n) is 3.86. The van der Waals surface area contributed by atoms with Gasteiger partial charge in [-0.25, -0.2) is 0 Å². The SMILES string of the molecule is Cc1nnc(NC(C)Cc2ccccc2)s1. The van der Waals surface area contributed by atoms with Crippen LogP contribution in [0.5, 0.6) is 0 Å². The zero-order valence-electron chi connectivity index (χ0n) is 9.47. The molecule has 0 saturated heterocycles. The van der Waals surface area contributed by atoms with Gasteiger partial charge in [0.05, 0.1) is 0 Å². The van der Waals surface area contributed by atoms with E-state index in [9.17, 15) is 0 Å². The van der Waals surface area contributed by atoms with Crippen molar-refractivity contribution in [2.75, 3.05) is 5.32 Å². The van der Waals surface area contributed by atoms with Crippen molar-refractivity contribution in [3.05, 3.63) is 40.9 Å². The first-order valence-electron chi connectivity index (χ1n) is 5.34. The Morgan fingerprint density at radius 1 is 1.25 bits per heavy atom. The summed E-state index contributed by atoms with van der Waals surface area (Å²) in [6, 6.07) is 10.8. The van der Waals surface area contributed by atoms with E-state index in [4.69, 9.17) is 0 Å². The van der Waals surface area contributed by atoms with Gasteiger partial charge in [-0.05, 0) is 25.8 Å². The van der Waals surface area contributed by atoms with Gasteiger partial charge in [-0.3, -0.25) is 0 Å². The van der Waals surface area contributed by atoms with E-state index in [0.29, 0.717) is 6.04 Å². The fraction of sp³-hybridized carbons (Fsp3) is 0.333. The maximum Gasteiger partial charge on any atom is 0.205 e. The first-order chi connectivity index (χ1) is 7.74. The second kappa shape index (κ2) is 5.07. The average Bonchev–Trinajstić information content (AvgIpc) is 2.65. The van der Waals surface area contributed by atoms with Gasteiger partial charge in [-0.2, -0.15) is 0 Å². The zero-order chi connectivity index (χ0) is 11.4. The van der Waals surface area contributed by atoms with Crippen LogP contribution in [-0.4, -0.2) is 16.2 Å². The van der Waals surface area contributed by atoms with Crippen LogP contribution in [0.1, 0.15) is 17.5 Å². The molecular formula is C12H15N3S. The zero-order valence-corrected chi connectivity index (χ0v) is 10.3. The number of nitrogens with one attached hydrogen (secondary N) is 1. The number of aromatic nitrogens is 2. The summed E-state index contributed by atoms with van der Waals surface area (Å²) in [4.78, 5) is 0. The number of anilines is 1. The standard InChI is InChI=1S/C12H15N3S/c1-9(8-11-6-4-3-5-7-11)13-12-15-14-10(2)16-12/h3-7,9H,8H2,1-2H3,(H,13,15). The van der Waals surface area contributed by atoms with Crippen LogP contribution in [0.3, 0.4) is 0 Å². The second-order valence-corrected chi connectivity index (χ2v) is 5.04. The Morgan fingerprint density at radius 3 is 2.62 bits per heavy atom. The molecule has 0 amide bonds. The first-order valence-corrected chi connectivity index (χ1v) is 6.16. The largest absolute Gasteiger partial charge is 0.357 e. The van der Waals surface area contributed by atoms with E-state index in [1.807, 2.05) is 13.0 Å². The monoisotopic (exact) mass is 233 g/mol. The number of aryl methyl sites for hydroxylation is 1. The Bertz CT molecular complexity index is 439. The lowest BCUT2D eigenvalue weighted by Gasteiger charge is -2.12. The maximum atomic E-state index is 4.05. The van der Waals surface area contributed by atoms with Crippen LogP contribution in [0.25, 0.3) is 0 Å². The van der Waals surface area contributed by atoms with Crippen LogP contribution in [0, 0.1) is 6.92 Å². The molecule has 84 valence electrons. The lowest BCUT2D eigenvalue weighted by atomic mass is 10.1. The van der Waals surface area contributed by atoms with Crippen molar-refractivity contribution < 1.29 is 0 Å². The number of hydrogen-bond donors (Lipinski definition) is 1. The van der Waals surface area contributed by atoms with Gasteiger partial charge in [0.2, 0.25) is 5.13 Å². The molecule has 1 aromatic carbocycles. The first kappa shape index (κ1) is 11.1. The lowest BCUT2D eigenvalue weighted by molar-refractivity contribution is 0.785. The molecule has 16 heavy (non-hydrogen) atoms. The molecule has 1 aromatic heterocycles. The molecule has 4 heteroatoms. The van der Waals surface area contributed by atoms with E-state index in [1.54, 1.807) is 11.3 Å². The minimum atomic E-state index is 0.370. The molecule has 0 aliphatic heterocycles. The quantitative estimate of drug-likeness (QED) is 0.882. The van der Waals surface area contributed by atoms with E-state index in [0.717, 1.165) is 16.6 Å². The Kier molecular flexibility index (Phi) is 3.51. The summed E-state index contributed by atoms with van der Waals surface area (Å²) in [7, 11) is 0. The predicted molar refractivity (Wildman–Crippen MR) is 67.9 cm³/mol. The minimum absolute atomic E-state index is 0.370. The van der Waals surface area contributed by atoms with E-state index < -0.39 is 0 Å². The van der Waals surface area contributed by atoms with Crippen molar-refractivity contribution in [3.63, 3.8) is 0 Å². The summed E-state index contributed by atoms with van der Waals surface area (Å²) in [5.41, 5.74) is 1.34. The molecule has 1 atom stereocenters. The van der Waals surface area contributed by atoms with E-state index >= 15 is 0 Å². The van der Waals surface area contributed by atoms with Crippen molar-refractivity contribution >= 4 is 16.5 Å². The predicted octanol–water partition coefficient (Wildman–Crippen LogP) is 2.89. The van der Waals surface area contributed by atoms with Gasteiger partial charge in [-0.15, -0.1) is 10.2 Å². The maximum absolute atomic E-state index is 4.05. The van der Waals surface area contributed by atoms with Crippen molar-refractivity contribution in [3.8, 4) is 0 Å². The average molecular weight is 233 g/mol. The Labute approximate surface area is 99.5 Å². The molecular weight excluding hydrogens is 218 g/mol. The number of benzene rings is 1. The minimum Gasteiger partial charge on any atom is -0.357 e. The van der Waals surface area contributed by atoms with Crippen LogP contribution < -0.4 is 5.32 Å². The highest BCUT2D eigenvalue weighted by atomic mass is 32.1. The Balaban J connectivity index is 1.92. The smallest absolute Gasteiger partial charge is 0.205 e. The summed E-state index contributed by atoms with van der Waals surface area (Å²) in [5, 5.41) is 13.3. The lowest BCUT2D eigenvalue weighted by Crippen LogP contribution is -2.17. The van der Waals surface area contributed by atoms with Crippen LogP contribution in [0.4, 0.5) is 5.13 Å². The third-order valence-electron chi connectivity index (χ3n) is 2.28. The van der Waals surface area contributed by atoms with E-state index in [2.05, 4.69) is 46.7 Å². The van der Waals surface area contributed by atoms with Crippen LogP contribution >= 0.6 is 11.3 Å². The third-order valence-corrected chi connectivity index (χ3v) is 3.05. The van der Waals surface area contributed by atoms with Crippen LogP contribution in [0.15, 0.2) is 30.3 Å². The summed E-state index contributed by atoms with van der Waals surface area (Å²) in [6.07, 6.45) is 0.999. The molecule has 0 aliphatic rings. The molecule has 0 saturated carbocycles. The van der Waals surface area contributed by atoms with Gasteiger partial charge in [0, 0.05) is 6.04 Å². The van der Waals surface area contributed by atoms with E-state index in [1.165, 1.54) is 5.56 Å². The fourth-order valence-corrected chi connectivity index (χ4v) is 2.29. The highest BCUT2D eigenvalue weighted by Gasteiger charge is 2.06. The molecule has 1 heterocycles. The highest BCUT2D eigenvalue weighted by molar-refractivity contribution is 7.15.